The zero-order chi connectivity index (χ0) is 18.2. The van der Waals surface area contributed by atoms with Crippen molar-refractivity contribution in [1.29, 1.82) is 0 Å². The van der Waals surface area contributed by atoms with Crippen LogP contribution >= 0.6 is 11.3 Å². The maximum Gasteiger partial charge on any atom is 0.452 e. The molecule has 0 bridgehead atoms. The highest BCUT2D eigenvalue weighted by Gasteiger charge is 2.39. The molecule has 0 spiro atoms. The quantitative estimate of drug-likeness (QED) is 0.762. The van der Waals surface area contributed by atoms with Gasteiger partial charge in [0.05, 0.1) is 9.75 Å². The van der Waals surface area contributed by atoms with Gasteiger partial charge >= 0.3 is 6.18 Å². The van der Waals surface area contributed by atoms with E-state index in [0.29, 0.717) is 15.7 Å². The molecular formula is C17H19F3N2O2S. The predicted molar refractivity (Wildman–Crippen MR) is 88.5 cm³/mol. The number of alkyl halides is 3. The van der Waals surface area contributed by atoms with Gasteiger partial charge in [-0.05, 0) is 37.8 Å². The van der Waals surface area contributed by atoms with Gasteiger partial charge in [0, 0.05) is 18.7 Å². The van der Waals surface area contributed by atoms with E-state index in [1.165, 1.54) is 6.92 Å². The average Bonchev–Trinajstić information content (AvgIpc) is 3.20. The predicted octanol–water partition coefficient (Wildman–Crippen LogP) is 4.99. The number of thiophene rings is 1. The molecule has 4 nitrogen and oxygen atoms in total. The molecule has 0 unspecified atom stereocenters. The highest BCUT2D eigenvalue weighted by Crippen LogP contribution is 2.38. The van der Waals surface area contributed by atoms with Crippen molar-refractivity contribution in [2.24, 2.45) is 5.92 Å². The van der Waals surface area contributed by atoms with Gasteiger partial charge in [-0.25, -0.2) is 0 Å². The smallest absolute Gasteiger partial charge is 0.351 e. The van der Waals surface area contributed by atoms with E-state index in [-0.39, 0.29) is 17.2 Å². The van der Waals surface area contributed by atoms with Crippen molar-refractivity contribution in [3.8, 4) is 10.6 Å². The molecule has 1 atom stereocenters. The molecular weight excluding hydrogens is 353 g/mol. The van der Waals surface area contributed by atoms with E-state index < -0.39 is 11.9 Å². The lowest BCUT2D eigenvalue weighted by molar-refractivity contribution is -0.156. The molecule has 0 N–H and O–H groups in total. The number of piperidine rings is 1. The van der Waals surface area contributed by atoms with E-state index in [2.05, 4.69) is 16.6 Å². The SMILES string of the molecule is CC[C@@H]1CCCN(C(=O)c2ccc(-c3noc(C(F)(F)F)c3C)s2)C1. The Bertz CT molecular complexity index is 766. The first-order chi connectivity index (χ1) is 11.8. The van der Waals surface area contributed by atoms with Gasteiger partial charge in [0.2, 0.25) is 5.76 Å². The summed E-state index contributed by atoms with van der Waals surface area (Å²) in [5.41, 5.74) is 0.0822. The number of halogens is 3. The third-order valence-electron chi connectivity index (χ3n) is 4.62. The van der Waals surface area contributed by atoms with Gasteiger partial charge in [-0.2, -0.15) is 13.2 Å². The largest absolute Gasteiger partial charge is 0.452 e. The second-order valence-corrected chi connectivity index (χ2v) is 7.40. The number of rotatable bonds is 3. The molecule has 3 heterocycles. The number of aromatic nitrogens is 1. The van der Waals surface area contributed by atoms with Crippen molar-refractivity contribution in [3.05, 3.63) is 28.3 Å². The summed E-state index contributed by atoms with van der Waals surface area (Å²) in [4.78, 5) is 15.5. The van der Waals surface area contributed by atoms with Gasteiger partial charge in [0.1, 0.15) is 5.69 Å². The summed E-state index contributed by atoms with van der Waals surface area (Å²) in [6.07, 6.45) is -1.42. The van der Waals surface area contributed by atoms with E-state index in [9.17, 15) is 18.0 Å². The highest BCUT2D eigenvalue weighted by molar-refractivity contribution is 7.17. The molecule has 1 aliphatic heterocycles. The van der Waals surface area contributed by atoms with Gasteiger partial charge in [-0.3, -0.25) is 4.79 Å². The molecule has 1 amide bonds. The van der Waals surface area contributed by atoms with Gasteiger partial charge < -0.3 is 9.42 Å². The molecule has 2 aromatic heterocycles. The molecule has 0 aliphatic carbocycles. The molecule has 0 radical (unpaired) electrons. The van der Waals surface area contributed by atoms with Gasteiger partial charge in [0.25, 0.3) is 5.91 Å². The molecule has 25 heavy (non-hydrogen) atoms. The Hall–Kier alpha value is -1.83. The normalized spacial score (nSPS) is 18.6. The summed E-state index contributed by atoms with van der Waals surface area (Å²) in [5.74, 6) is -0.638. The van der Waals surface area contributed by atoms with E-state index >= 15 is 0 Å². The third kappa shape index (κ3) is 3.58. The van der Waals surface area contributed by atoms with E-state index in [4.69, 9.17) is 0 Å². The summed E-state index contributed by atoms with van der Waals surface area (Å²) in [6.45, 7) is 4.91. The Labute approximate surface area is 147 Å². The summed E-state index contributed by atoms with van der Waals surface area (Å²) in [7, 11) is 0. The first kappa shape index (κ1) is 18.0. The molecule has 3 rings (SSSR count). The Morgan fingerprint density at radius 3 is 2.84 bits per heavy atom. The van der Waals surface area contributed by atoms with E-state index in [1.54, 1.807) is 12.1 Å². The Balaban J connectivity index is 1.81. The van der Waals surface area contributed by atoms with Crippen molar-refractivity contribution in [3.63, 3.8) is 0 Å². The van der Waals surface area contributed by atoms with Crippen LogP contribution in [0.25, 0.3) is 10.6 Å². The topological polar surface area (TPSA) is 46.3 Å². The van der Waals surface area contributed by atoms with Crippen molar-refractivity contribution >= 4 is 17.2 Å². The van der Waals surface area contributed by atoms with Crippen LogP contribution in [0.15, 0.2) is 16.7 Å². The zero-order valence-electron chi connectivity index (χ0n) is 14.0. The monoisotopic (exact) mass is 372 g/mol. The fraction of sp³-hybridized carbons (Fsp3) is 0.529. The van der Waals surface area contributed by atoms with Crippen molar-refractivity contribution in [2.45, 2.75) is 39.3 Å². The second kappa shape index (κ2) is 6.82. The molecule has 1 saturated heterocycles. The lowest BCUT2D eigenvalue weighted by Gasteiger charge is -2.32. The summed E-state index contributed by atoms with van der Waals surface area (Å²) >= 11 is 1.15. The van der Waals surface area contributed by atoms with Crippen LogP contribution in [-0.2, 0) is 6.18 Å². The number of hydrogen-bond acceptors (Lipinski definition) is 4. The van der Waals surface area contributed by atoms with Crippen LogP contribution in [0, 0.1) is 12.8 Å². The molecule has 8 heteroatoms. The first-order valence-corrected chi connectivity index (χ1v) is 9.05. The van der Waals surface area contributed by atoms with Crippen molar-refractivity contribution < 1.29 is 22.5 Å². The third-order valence-corrected chi connectivity index (χ3v) is 5.70. The minimum Gasteiger partial charge on any atom is -0.351 e. The van der Waals surface area contributed by atoms with Crippen LogP contribution < -0.4 is 0 Å². The lowest BCUT2D eigenvalue weighted by atomic mass is 9.95. The number of nitrogens with zero attached hydrogens (tertiary/aromatic N) is 2. The molecule has 2 aromatic rings. The molecule has 136 valence electrons. The molecule has 0 aromatic carbocycles. The summed E-state index contributed by atoms with van der Waals surface area (Å²) < 4.78 is 43.0. The van der Waals surface area contributed by atoms with Crippen molar-refractivity contribution in [1.82, 2.24) is 10.1 Å². The van der Waals surface area contributed by atoms with Crippen LogP contribution in [-0.4, -0.2) is 29.1 Å². The van der Waals surface area contributed by atoms with Crippen LogP contribution in [0.4, 0.5) is 13.2 Å². The standard InChI is InChI=1S/C17H19F3N2O2S/c1-3-11-5-4-8-22(9-11)16(23)13-7-6-12(25-13)14-10(2)15(24-21-14)17(18,19)20/h6-7,11H,3-5,8-9H2,1-2H3/t11-/m1/s1. The Kier molecular flexibility index (Phi) is 4.90. The number of carbonyl (C=O) groups excluding carboxylic acids is 1. The Morgan fingerprint density at radius 1 is 1.44 bits per heavy atom. The summed E-state index contributed by atoms with van der Waals surface area (Å²) in [6, 6.07) is 3.28. The van der Waals surface area contributed by atoms with Gasteiger partial charge in [-0.1, -0.05) is 18.5 Å². The first-order valence-electron chi connectivity index (χ1n) is 8.24. The van der Waals surface area contributed by atoms with Crippen molar-refractivity contribution in [2.75, 3.05) is 13.1 Å². The van der Waals surface area contributed by atoms with Gasteiger partial charge in [0.15, 0.2) is 0 Å². The van der Waals surface area contributed by atoms with Crippen LogP contribution in [0.1, 0.15) is 47.2 Å². The maximum atomic E-state index is 12.8. The number of amides is 1. The van der Waals surface area contributed by atoms with Crippen LogP contribution in [0.5, 0.6) is 0 Å². The maximum absolute atomic E-state index is 12.8. The fourth-order valence-corrected chi connectivity index (χ4v) is 4.16. The number of likely N-dealkylation sites (tertiary alicyclic amines) is 1. The second-order valence-electron chi connectivity index (χ2n) is 6.31. The molecule has 0 saturated carbocycles. The van der Waals surface area contributed by atoms with E-state index in [1.807, 2.05) is 4.90 Å². The highest BCUT2D eigenvalue weighted by atomic mass is 32.1. The number of carbonyl (C=O) groups is 1. The average molecular weight is 372 g/mol. The van der Waals surface area contributed by atoms with E-state index in [0.717, 1.165) is 43.7 Å². The minimum atomic E-state index is -4.58. The Morgan fingerprint density at radius 2 is 2.20 bits per heavy atom. The lowest BCUT2D eigenvalue weighted by Crippen LogP contribution is -2.39. The summed E-state index contributed by atoms with van der Waals surface area (Å²) in [5, 5.41) is 3.55. The minimum absolute atomic E-state index is 0.0580. The zero-order valence-corrected chi connectivity index (χ0v) is 14.8. The molecule has 1 aliphatic rings. The van der Waals surface area contributed by atoms with Crippen LogP contribution in [0.3, 0.4) is 0 Å². The van der Waals surface area contributed by atoms with Gasteiger partial charge in [-0.15, -0.1) is 11.3 Å². The van der Waals surface area contributed by atoms with Crippen LogP contribution in [0.2, 0.25) is 0 Å². The fourth-order valence-electron chi connectivity index (χ4n) is 3.15. The number of hydrogen-bond donors (Lipinski definition) is 0. The molecule has 1 fully saturated rings.